The number of hydrogen-bond donors (Lipinski definition) is 2. The highest BCUT2D eigenvalue weighted by atomic mass is 127. The van der Waals surface area contributed by atoms with Gasteiger partial charge in [-0.1, -0.05) is 12.1 Å². The summed E-state index contributed by atoms with van der Waals surface area (Å²) in [6.07, 6.45) is 2.81. The largest absolute Gasteiger partial charge is 0.357 e. The fourth-order valence-electron chi connectivity index (χ4n) is 2.76. The molecule has 0 saturated carbocycles. The molecular formula is C17H28IN3O2S2. The van der Waals surface area contributed by atoms with Crippen molar-refractivity contribution in [1.82, 2.24) is 10.6 Å². The third-order valence-corrected chi connectivity index (χ3v) is 6.74. The Morgan fingerprint density at radius 1 is 1.36 bits per heavy atom. The molecule has 1 unspecified atom stereocenters. The van der Waals surface area contributed by atoms with E-state index < -0.39 is 9.84 Å². The van der Waals surface area contributed by atoms with Gasteiger partial charge in [0.25, 0.3) is 0 Å². The van der Waals surface area contributed by atoms with Crippen molar-refractivity contribution < 1.29 is 8.42 Å². The lowest BCUT2D eigenvalue weighted by Crippen LogP contribution is -2.40. The third-order valence-electron chi connectivity index (χ3n) is 4.08. The zero-order valence-corrected chi connectivity index (χ0v) is 19.0. The molecule has 1 aliphatic rings. The Hall–Kier alpha value is -0.480. The lowest BCUT2D eigenvalue weighted by Gasteiger charge is -2.14. The van der Waals surface area contributed by atoms with Crippen LogP contribution in [0, 0.1) is 12.8 Å². The molecule has 0 aromatic heterocycles. The van der Waals surface area contributed by atoms with Gasteiger partial charge in [0.05, 0.1) is 18.1 Å². The molecule has 25 heavy (non-hydrogen) atoms. The SMILES string of the molecule is CCNC(=NCc1ccc(C)cc1SC)NCC1CCS(=O)(=O)C1.I. The van der Waals surface area contributed by atoms with Crippen molar-refractivity contribution >= 4 is 51.5 Å². The van der Waals surface area contributed by atoms with Gasteiger partial charge in [-0.25, -0.2) is 13.4 Å². The molecule has 142 valence electrons. The minimum absolute atomic E-state index is 0. The molecule has 1 fully saturated rings. The van der Waals surface area contributed by atoms with Crippen LogP contribution in [-0.4, -0.2) is 45.2 Å². The van der Waals surface area contributed by atoms with Crippen LogP contribution < -0.4 is 10.6 Å². The second kappa shape index (κ2) is 10.6. The van der Waals surface area contributed by atoms with Gasteiger partial charge in [0.15, 0.2) is 15.8 Å². The number of sulfone groups is 1. The predicted octanol–water partition coefficient (Wildman–Crippen LogP) is 2.82. The zero-order chi connectivity index (χ0) is 17.6. The van der Waals surface area contributed by atoms with Crippen LogP contribution in [0.4, 0.5) is 0 Å². The minimum Gasteiger partial charge on any atom is -0.357 e. The smallest absolute Gasteiger partial charge is 0.191 e. The monoisotopic (exact) mass is 497 g/mol. The summed E-state index contributed by atoms with van der Waals surface area (Å²) in [5.74, 6) is 1.52. The van der Waals surface area contributed by atoms with Crippen molar-refractivity contribution in [1.29, 1.82) is 0 Å². The predicted molar refractivity (Wildman–Crippen MR) is 118 cm³/mol. The van der Waals surface area contributed by atoms with Crippen LogP contribution in [-0.2, 0) is 16.4 Å². The summed E-state index contributed by atoms with van der Waals surface area (Å²) < 4.78 is 23.1. The normalized spacial score (nSPS) is 19.3. The molecule has 1 atom stereocenters. The van der Waals surface area contributed by atoms with Gasteiger partial charge in [0, 0.05) is 18.0 Å². The van der Waals surface area contributed by atoms with E-state index in [0.717, 1.165) is 18.9 Å². The highest BCUT2D eigenvalue weighted by molar-refractivity contribution is 14.0. The Bertz CT molecular complexity index is 693. The Balaban J connectivity index is 0.00000312. The summed E-state index contributed by atoms with van der Waals surface area (Å²) in [7, 11) is -2.83. The maximum absolute atomic E-state index is 11.5. The Kier molecular flexibility index (Phi) is 9.58. The molecule has 0 bridgehead atoms. The first-order valence-corrected chi connectivity index (χ1v) is 11.3. The molecule has 2 rings (SSSR count). The second-order valence-corrected chi connectivity index (χ2v) is 9.24. The maximum atomic E-state index is 11.5. The van der Waals surface area contributed by atoms with Crippen LogP contribution in [0.15, 0.2) is 28.1 Å². The maximum Gasteiger partial charge on any atom is 0.191 e. The van der Waals surface area contributed by atoms with E-state index >= 15 is 0 Å². The van der Waals surface area contributed by atoms with E-state index in [1.807, 2.05) is 6.92 Å². The van der Waals surface area contributed by atoms with Crippen LogP contribution in [0.5, 0.6) is 0 Å². The number of nitrogens with zero attached hydrogens (tertiary/aromatic N) is 1. The van der Waals surface area contributed by atoms with Crippen LogP contribution in [0.25, 0.3) is 0 Å². The number of halogens is 1. The van der Waals surface area contributed by atoms with Crippen LogP contribution in [0.2, 0.25) is 0 Å². The molecule has 1 heterocycles. The molecule has 1 aromatic carbocycles. The van der Waals surface area contributed by atoms with E-state index in [2.05, 4.69) is 47.0 Å². The number of nitrogens with one attached hydrogen (secondary N) is 2. The number of benzene rings is 1. The van der Waals surface area contributed by atoms with Gasteiger partial charge < -0.3 is 10.6 Å². The van der Waals surface area contributed by atoms with Gasteiger partial charge in [-0.15, -0.1) is 35.7 Å². The van der Waals surface area contributed by atoms with E-state index in [1.165, 1.54) is 16.0 Å². The molecule has 1 saturated heterocycles. The van der Waals surface area contributed by atoms with Gasteiger partial charge in [-0.2, -0.15) is 0 Å². The summed E-state index contributed by atoms with van der Waals surface area (Å²) in [6.45, 7) is 6.14. The van der Waals surface area contributed by atoms with Gasteiger partial charge in [0.2, 0.25) is 0 Å². The lowest BCUT2D eigenvalue weighted by atomic mass is 10.1. The van der Waals surface area contributed by atoms with Crippen molar-refractivity contribution in [2.24, 2.45) is 10.9 Å². The molecule has 8 heteroatoms. The minimum atomic E-state index is -2.83. The Morgan fingerprint density at radius 2 is 2.12 bits per heavy atom. The average Bonchev–Trinajstić information content (AvgIpc) is 2.90. The van der Waals surface area contributed by atoms with Gasteiger partial charge in [0.1, 0.15) is 0 Å². The topological polar surface area (TPSA) is 70.6 Å². The highest BCUT2D eigenvalue weighted by Crippen LogP contribution is 2.22. The number of rotatable bonds is 6. The van der Waals surface area contributed by atoms with E-state index in [0.29, 0.717) is 18.8 Å². The van der Waals surface area contributed by atoms with Crippen molar-refractivity contribution in [3.8, 4) is 0 Å². The molecule has 0 spiro atoms. The summed E-state index contributed by atoms with van der Waals surface area (Å²) in [6, 6.07) is 6.41. The number of aliphatic imine (C=N–C) groups is 1. The second-order valence-electron chi connectivity index (χ2n) is 6.16. The molecule has 1 aromatic rings. The molecule has 0 aliphatic carbocycles. The number of guanidine groups is 1. The van der Waals surface area contributed by atoms with Crippen LogP contribution in [0.1, 0.15) is 24.5 Å². The first kappa shape index (κ1) is 22.6. The van der Waals surface area contributed by atoms with E-state index in [-0.39, 0.29) is 35.6 Å². The fourth-order valence-corrected chi connectivity index (χ4v) is 5.32. The van der Waals surface area contributed by atoms with E-state index in [1.54, 1.807) is 11.8 Å². The fraction of sp³-hybridized carbons (Fsp3) is 0.588. The Morgan fingerprint density at radius 3 is 2.72 bits per heavy atom. The molecule has 0 radical (unpaired) electrons. The number of aryl methyl sites for hydroxylation is 1. The van der Waals surface area contributed by atoms with Gasteiger partial charge in [-0.3, -0.25) is 0 Å². The van der Waals surface area contributed by atoms with Crippen LogP contribution in [0.3, 0.4) is 0 Å². The number of thioether (sulfide) groups is 1. The standard InChI is InChI=1S/C17H27N3O2S2.HI/c1-4-18-17(19-10-14-7-8-24(21,22)12-14)20-11-15-6-5-13(2)9-16(15)23-3;/h5-6,9,14H,4,7-8,10-12H2,1-3H3,(H2,18,19,20);1H. The van der Waals surface area contributed by atoms with E-state index in [9.17, 15) is 8.42 Å². The molecule has 1 aliphatic heterocycles. The van der Waals surface area contributed by atoms with E-state index in [4.69, 9.17) is 0 Å². The molecule has 2 N–H and O–H groups in total. The summed E-state index contributed by atoms with van der Waals surface area (Å²) in [4.78, 5) is 5.90. The molecule has 0 amide bonds. The lowest BCUT2D eigenvalue weighted by molar-refractivity contribution is 0.567. The highest BCUT2D eigenvalue weighted by Gasteiger charge is 2.27. The summed E-state index contributed by atoms with van der Waals surface area (Å²) in [5.41, 5.74) is 2.45. The van der Waals surface area contributed by atoms with Crippen molar-refractivity contribution in [2.75, 3.05) is 30.9 Å². The first-order valence-electron chi connectivity index (χ1n) is 8.29. The van der Waals surface area contributed by atoms with Crippen molar-refractivity contribution in [3.05, 3.63) is 29.3 Å². The van der Waals surface area contributed by atoms with Crippen molar-refractivity contribution in [2.45, 2.75) is 31.7 Å². The van der Waals surface area contributed by atoms with Gasteiger partial charge in [-0.05, 0) is 49.6 Å². The summed E-state index contributed by atoms with van der Waals surface area (Å²) >= 11 is 1.73. The number of hydrogen-bond acceptors (Lipinski definition) is 4. The quantitative estimate of drug-likeness (QED) is 0.274. The first-order chi connectivity index (χ1) is 11.4. The van der Waals surface area contributed by atoms with Gasteiger partial charge >= 0.3 is 0 Å². The third kappa shape index (κ3) is 7.34. The molecular weight excluding hydrogens is 469 g/mol. The molecule has 5 nitrogen and oxygen atoms in total. The average molecular weight is 497 g/mol. The summed E-state index contributed by atoms with van der Waals surface area (Å²) in [5, 5.41) is 6.52. The Labute approximate surface area is 172 Å². The van der Waals surface area contributed by atoms with Crippen molar-refractivity contribution in [3.63, 3.8) is 0 Å². The zero-order valence-electron chi connectivity index (χ0n) is 15.0. The van der Waals surface area contributed by atoms with Crippen LogP contribution >= 0.6 is 35.7 Å².